The van der Waals surface area contributed by atoms with Crippen LogP contribution in [-0.4, -0.2) is 29.2 Å². The van der Waals surface area contributed by atoms with Crippen molar-refractivity contribution in [3.05, 3.63) is 48.5 Å². The number of hydrogen-bond donors (Lipinski definition) is 1. The monoisotopic (exact) mass is 273 g/mol. The molecule has 0 aliphatic rings. The van der Waals surface area contributed by atoms with Crippen LogP contribution in [0, 0.1) is 0 Å². The summed E-state index contributed by atoms with van der Waals surface area (Å²) in [6, 6.07) is 8.65. The highest BCUT2D eigenvalue weighted by atomic mass is 16.5. The molecule has 0 amide bonds. The second-order valence-electron chi connectivity index (χ2n) is 5.03. The van der Waals surface area contributed by atoms with Crippen LogP contribution in [0.25, 0.3) is 0 Å². The van der Waals surface area contributed by atoms with Gasteiger partial charge >= 0.3 is 0 Å². The summed E-state index contributed by atoms with van der Waals surface area (Å²) in [5.74, 6) is 0.972. The fourth-order valence-electron chi connectivity index (χ4n) is 2.30. The first kappa shape index (κ1) is 14.6. The van der Waals surface area contributed by atoms with Crippen LogP contribution >= 0.6 is 0 Å². The molecule has 1 atom stereocenters. The minimum Gasteiger partial charge on any atom is -0.496 e. The number of aryl methyl sites for hydroxylation is 1. The summed E-state index contributed by atoms with van der Waals surface area (Å²) in [4.78, 5) is 4.04. The lowest BCUT2D eigenvalue weighted by atomic mass is 10.1. The fraction of sp³-hybridized carbons (Fsp3) is 0.438. The molecule has 4 nitrogen and oxygen atoms in total. The van der Waals surface area contributed by atoms with E-state index in [1.54, 1.807) is 7.11 Å². The SMILES string of the molecule is COc1ccccc1CC(C)NCCCn1ccnc1. The van der Waals surface area contributed by atoms with E-state index >= 15 is 0 Å². The van der Waals surface area contributed by atoms with Gasteiger partial charge < -0.3 is 14.6 Å². The number of aromatic nitrogens is 2. The smallest absolute Gasteiger partial charge is 0.122 e. The minimum atomic E-state index is 0.439. The third-order valence-corrected chi connectivity index (χ3v) is 3.36. The molecule has 1 aromatic carbocycles. The number of rotatable bonds is 8. The van der Waals surface area contributed by atoms with Crippen molar-refractivity contribution in [3.63, 3.8) is 0 Å². The summed E-state index contributed by atoms with van der Waals surface area (Å²) in [5, 5.41) is 3.56. The highest BCUT2D eigenvalue weighted by Crippen LogP contribution is 2.18. The van der Waals surface area contributed by atoms with Crippen LogP contribution in [0.5, 0.6) is 5.75 Å². The molecule has 0 aliphatic heterocycles. The first-order valence-electron chi connectivity index (χ1n) is 7.10. The van der Waals surface area contributed by atoms with Crippen LogP contribution in [0.1, 0.15) is 18.9 Å². The van der Waals surface area contributed by atoms with Gasteiger partial charge in [-0.2, -0.15) is 0 Å². The molecular formula is C16H23N3O. The second kappa shape index (κ2) is 7.70. The highest BCUT2D eigenvalue weighted by Gasteiger charge is 2.07. The van der Waals surface area contributed by atoms with Crippen molar-refractivity contribution in [3.8, 4) is 5.75 Å². The first-order chi connectivity index (χ1) is 9.79. The van der Waals surface area contributed by atoms with E-state index in [0.717, 1.165) is 31.7 Å². The van der Waals surface area contributed by atoms with Gasteiger partial charge in [0, 0.05) is 25.0 Å². The lowest BCUT2D eigenvalue weighted by molar-refractivity contribution is 0.405. The summed E-state index contributed by atoms with van der Waals surface area (Å²) < 4.78 is 7.49. The predicted molar refractivity (Wildman–Crippen MR) is 81.0 cm³/mol. The van der Waals surface area contributed by atoms with Gasteiger partial charge in [0.1, 0.15) is 5.75 Å². The van der Waals surface area contributed by atoms with Gasteiger partial charge in [0.15, 0.2) is 0 Å². The maximum absolute atomic E-state index is 5.38. The van der Waals surface area contributed by atoms with Gasteiger partial charge in [-0.1, -0.05) is 18.2 Å². The highest BCUT2D eigenvalue weighted by molar-refractivity contribution is 5.33. The lowest BCUT2D eigenvalue weighted by Gasteiger charge is -2.16. The summed E-state index contributed by atoms with van der Waals surface area (Å²) in [6.45, 7) is 4.23. The van der Waals surface area contributed by atoms with E-state index in [2.05, 4.69) is 33.9 Å². The maximum atomic E-state index is 5.38. The van der Waals surface area contributed by atoms with E-state index in [9.17, 15) is 0 Å². The zero-order valence-electron chi connectivity index (χ0n) is 12.2. The Morgan fingerprint density at radius 2 is 2.20 bits per heavy atom. The molecule has 0 fully saturated rings. The molecule has 2 rings (SSSR count). The van der Waals surface area contributed by atoms with Gasteiger partial charge in [-0.3, -0.25) is 0 Å². The first-order valence-corrected chi connectivity index (χ1v) is 7.10. The molecule has 0 saturated carbocycles. The summed E-state index contributed by atoms with van der Waals surface area (Å²) >= 11 is 0. The van der Waals surface area contributed by atoms with Crippen molar-refractivity contribution < 1.29 is 4.74 Å². The van der Waals surface area contributed by atoms with Gasteiger partial charge in [0.25, 0.3) is 0 Å². The molecule has 0 bridgehead atoms. The molecule has 108 valence electrons. The van der Waals surface area contributed by atoms with E-state index in [1.165, 1.54) is 5.56 Å². The number of nitrogens with zero attached hydrogens (tertiary/aromatic N) is 2. The molecule has 0 radical (unpaired) electrons. The number of hydrogen-bond acceptors (Lipinski definition) is 3. The molecule has 1 aromatic heterocycles. The van der Waals surface area contributed by atoms with Gasteiger partial charge in [-0.15, -0.1) is 0 Å². The molecule has 0 spiro atoms. The van der Waals surface area contributed by atoms with Crippen LogP contribution in [0.4, 0.5) is 0 Å². The molecule has 2 aromatic rings. The number of benzene rings is 1. The van der Waals surface area contributed by atoms with Gasteiger partial charge in [0.2, 0.25) is 0 Å². The van der Waals surface area contributed by atoms with Gasteiger partial charge in [-0.25, -0.2) is 4.98 Å². The lowest BCUT2D eigenvalue weighted by Crippen LogP contribution is -2.29. The number of methoxy groups -OCH3 is 1. The molecule has 20 heavy (non-hydrogen) atoms. The van der Waals surface area contributed by atoms with Crippen molar-refractivity contribution in [2.45, 2.75) is 32.4 Å². The number of imidazole rings is 1. The third-order valence-electron chi connectivity index (χ3n) is 3.36. The molecular weight excluding hydrogens is 250 g/mol. The average molecular weight is 273 g/mol. The van der Waals surface area contributed by atoms with Crippen molar-refractivity contribution in [1.82, 2.24) is 14.9 Å². The van der Waals surface area contributed by atoms with Crippen molar-refractivity contribution >= 4 is 0 Å². The predicted octanol–water partition coefficient (Wildman–Crippen LogP) is 2.50. The van der Waals surface area contributed by atoms with Crippen molar-refractivity contribution in [1.29, 1.82) is 0 Å². The topological polar surface area (TPSA) is 39.1 Å². The van der Waals surface area contributed by atoms with E-state index in [4.69, 9.17) is 4.74 Å². The van der Waals surface area contributed by atoms with Crippen LogP contribution < -0.4 is 10.1 Å². The Morgan fingerprint density at radius 1 is 1.35 bits per heavy atom. The molecule has 1 heterocycles. The Morgan fingerprint density at radius 3 is 2.95 bits per heavy atom. The fourth-order valence-corrected chi connectivity index (χ4v) is 2.30. The number of para-hydroxylation sites is 1. The average Bonchev–Trinajstić information content (AvgIpc) is 2.97. The normalized spacial score (nSPS) is 12.3. The zero-order valence-corrected chi connectivity index (χ0v) is 12.2. The summed E-state index contributed by atoms with van der Waals surface area (Å²) in [5.41, 5.74) is 1.25. The third kappa shape index (κ3) is 4.38. The Labute approximate surface area is 120 Å². The van der Waals surface area contributed by atoms with Gasteiger partial charge in [-0.05, 0) is 37.9 Å². The Balaban J connectivity index is 1.71. The van der Waals surface area contributed by atoms with Crippen molar-refractivity contribution in [2.75, 3.05) is 13.7 Å². The standard InChI is InChI=1S/C16H23N3O/c1-14(12-15-6-3-4-7-16(15)20-2)18-8-5-10-19-11-9-17-13-19/h3-4,6-7,9,11,13-14,18H,5,8,10,12H2,1-2H3. The largest absolute Gasteiger partial charge is 0.496 e. The molecule has 1 N–H and O–H groups in total. The number of nitrogens with one attached hydrogen (secondary N) is 1. The van der Waals surface area contributed by atoms with E-state index in [1.807, 2.05) is 30.9 Å². The second-order valence-corrected chi connectivity index (χ2v) is 5.03. The zero-order chi connectivity index (χ0) is 14.2. The molecule has 0 saturated heterocycles. The van der Waals surface area contributed by atoms with E-state index in [0.29, 0.717) is 6.04 Å². The number of ether oxygens (including phenoxy) is 1. The van der Waals surface area contributed by atoms with E-state index < -0.39 is 0 Å². The molecule has 1 unspecified atom stereocenters. The van der Waals surface area contributed by atoms with Crippen LogP contribution in [0.15, 0.2) is 43.0 Å². The Hall–Kier alpha value is -1.81. The van der Waals surface area contributed by atoms with Crippen LogP contribution in [0.3, 0.4) is 0 Å². The van der Waals surface area contributed by atoms with Crippen molar-refractivity contribution in [2.24, 2.45) is 0 Å². The Kier molecular flexibility index (Phi) is 5.62. The molecule has 4 heteroatoms. The maximum Gasteiger partial charge on any atom is 0.122 e. The summed E-state index contributed by atoms with van der Waals surface area (Å²) in [7, 11) is 1.72. The van der Waals surface area contributed by atoms with E-state index in [-0.39, 0.29) is 0 Å². The van der Waals surface area contributed by atoms with Crippen LogP contribution in [-0.2, 0) is 13.0 Å². The van der Waals surface area contributed by atoms with Crippen LogP contribution in [0.2, 0.25) is 0 Å². The molecule has 0 aliphatic carbocycles. The Bertz CT molecular complexity index is 496. The van der Waals surface area contributed by atoms with Gasteiger partial charge in [0.05, 0.1) is 13.4 Å². The summed E-state index contributed by atoms with van der Waals surface area (Å²) in [6.07, 6.45) is 7.76. The minimum absolute atomic E-state index is 0.439. The quantitative estimate of drug-likeness (QED) is 0.751.